The Kier molecular flexibility index (Phi) is 4.42. The highest BCUT2D eigenvalue weighted by Crippen LogP contribution is 2.24. The van der Waals surface area contributed by atoms with Crippen LogP contribution in [0.1, 0.15) is 42.7 Å². The van der Waals surface area contributed by atoms with Gasteiger partial charge in [0, 0.05) is 17.6 Å². The summed E-state index contributed by atoms with van der Waals surface area (Å²) >= 11 is 0. The maximum absolute atomic E-state index is 13.0. The van der Waals surface area contributed by atoms with Gasteiger partial charge in [0.1, 0.15) is 5.56 Å². The minimum Gasteiger partial charge on any atom is -0.462 e. The smallest absolute Gasteiger partial charge is 0.342 e. The molecule has 0 unspecified atom stereocenters. The van der Waals surface area contributed by atoms with Crippen molar-refractivity contribution in [2.75, 3.05) is 6.61 Å². The average Bonchev–Trinajstić information content (AvgIpc) is 2.94. The zero-order valence-corrected chi connectivity index (χ0v) is 14.3. The first-order valence-corrected chi connectivity index (χ1v) is 8.40. The lowest BCUT2D eigenvalue weighted by Crippen LogP contribution is -2.31. The van der Waals surface area contributed by atoms with E-state index >= 15 is 0 Å². The standard InChI is InChI=1S/C19H22N2O3/c1-4-6-11-20-13(3)17(18(22)24-5-2)16-12-14-9-7-8-10-15(14)21(16)19(20)23/h7-10,12H,4-6,11H2,1-3H3. The van der Waals surface area contributed by atoms with E-state index in [4.69, 9.17) is 4.74 Å². The summed E-state index contributed by atoms with van der Waals surface area (Å²) in [7, 11) is 0. The summed E-state index contributed by atoms with van der Waals surface area (Å²) in [5, 5.41) is 0.938. The van der Waals surface area contributed by atoms with E-state index in [1.807, 2.05) is 37.3 Å². The molecule has 0 aliphatic carbocycles. The van der Waals surface area contributed by atoms with Crippen molar-refractivity contribution in [2.45, 2.75) is 40.2 Å². The van der Waals surface area contributed by atoms with E-state index in [-0.39, 0.29) is 11.7 Å². The Morgan fingerprint density at radius 1 is 1.17 bits per heavy atom. The number of carbonyl (C=O) groups excluding carboxylic acids is 1. The number of para-hydroxylation sites is 1. The molecule has 0 spiro atoms. The van der Waals surface area contributed by atoms with Gasteiger partial charge in [0.05, 0.1) is 17.6 Å². The van der Waals surface area contributed by atoms with Crippen LogP contribution >= 0.6 is 0 Å². The summed E-state index contributed by atoms with van der Waals surface area (Å²) in [4.78, 5) is 25.6. The molecule has 0 aliphatic rings. The van der Waals surface area contributed by atoms with Crippen LogP contribution in [0.3, 0.4) is 0 Å². The number of benzene rings is 1. The Morgan fingerprint density at radius 2 is 1.92 bits per heavy atom. The fourth-order valence-electron chi connectivity index (χ4n) is 3.16. The monoisotopic (exact) mass is 326 g/mol. The van der Waals surface area contributed by atoms with Crippen molar-refractivity contribution in [2.24, 2.45) is 0 Å². The van der Waals surface area contributed by atoms with Gasteiger partial charge in [-0.1, -0.05) is 31.5 Å². The summed E-state index contributed by atoms with van der Waals surface area (Å²) in [6, 6.07) is 9.56. The van der Waals surface area contributed by atoms with Gasteiger partial charge in [-0.2, -0.15) is 0 Å². The van der Waals surface area contributed by atoms with Crippen molar-refractivity contribution >= 4 is 22.4 Å². The Labute approximate surface area is 140 Å². The number of ether oxygens (including phenoxy) is 1. The van der Waals surface area contributed by atoms with Crippen LogP contribution in [0.4, 0.5) is 0 Å². The van der Waals surface area contributed by atoms with Crippen molar-refractivity contribution in [3.8, 4) is 0 Å². The van der Waals surface area contributed by atoms with E-state index in [0.717, 1.165) is 23.7 Å². The molecule has 0 bridgehead atoms. The molecule has 0 atom stereocenters. The number of esters is 1. The molecule has 0 fully saturated rings. The number of rotatable bonds is 5. The van der Waals surface area contributed by atoms with Gasteiger partial charge in [-0.3, -0.25) is 8.97 Å². The van der Waals surface area contributed by atoms with Gasteiger partial charge in [0.15, 0.2) is 0 Å². The fourth-order valence-corrected chi connectivity index (χ4v) is 3.16. The molecule has 3 rings (SSSR count). The third-order valence-electron chi connectivity index (χ3n) is 4.37. The van der Waals surface area contributed by atoms with Gasteiger partial charge in [-0.15, -0.1) is 0 Å². The molecule has 5 nitrogen and oxygen atoms in total. The van der Waals surface area contributed by atoms with Gasteiger partial charge in [0.2, 0.25) is 0 Å². The predicted molar refractivity (Wildman–Crippen MR) is 94.8 cm³/mol. The molecular formula is C19H22N2O3. The highest BCUT2D eigenvalue weighted by molar-refractivity contribution is 6.02. The molecule has 24 heavy (non-hydrogen) atoms. The van der Waals surface area contributed by atoms with Crippen molar-refractivity contribution in [1.82, 2.24) is 8.97 Å². The molecule has 1 aromatic carbocycles. The lowest BCUT2D eigenvalue weighted by molar-refractivity contribution is 0.0526. The minimum atomic E-state index is -0.381. The molecule has 0 amide bonds. The second-order valence-corrected chi connectivity index (χ2v) is 5.89. The van der Waals surface area contributed by atoms with Crippen LogP contribution in [-0.2, 0) is 11.3 Å². The van der Waals surface area contributed by atoms with E-state index < -0.39 is 0 Å². The summed E-state index contributed by atoms with van der Waals surface area (Å²) in [5.74, 6) is -0.381. The van der Waals surface area contributed by atoms with Crippen LogP contribution in [0.15, 0.2) is 35.1 Å². The van der Waals surface area contributed by atoms with Crippen LogP contribution in [0.2, 0.25) is 0 Å². The zero-order valence-electron chi connectivity index (χ0n) is 14.3. The SMILES string of the molecule is CCCCn1c(C)c(C(=O)OCC)c2cc3ccccc3n2c1=O. The molecule has 2 heterocycles. The van der Waals surface area contributed by atoms with Crippen LogP contribution in [0.5, 0.6) is 0 Å². The minimum absolute atomic E-state index is 0.106. The lowest BCUT2D eigenvalue weighted by atomic mass is 10.1. The van der Waals surface area contributed by atoms with Gasteiger partial charge >= 0.3 is 11.7 Å². The van der Waals surface area contributed by atoms with Crippen LogP contribution in [0, 0.1) is 6.92 Å². The molecule has 0 N–H and O–H groups in total. The van der Waals surface area contributed by atoms with E-state index in [1.54, 1.807) is 15.9 Å². The number of nitrogens with zero attached hydrogens (tertiary/aromatic N) is 2. The van der Waals surface area contributed by atoms with Gasteiger partial charge in [0.25, 0.3) is 0 Å². The number of carbonyl (C=O) groups is 1. The zero-order chi connectivity index (χ0) is 17.3. The van der Waals surface area contributed by atoms with E-state index in [2.05, 4.69) is 6.92 Å². The molecule has 0 radical (unpaired) electrons. The van der Waals surface area contributed by atoms with Crippen molar-refractivity contribution < 1.29 is 9.53 Å². The van der Waals surface area contributed by atoms with Crippen LogP contribution in [0.25, 0.3) is 16.4 Å². The first kappa shape index (κ1) is 16.3. The third-order valence-corrected chi connectivity index (χ3v) is 4.37. The normalized spacial score (nSPS) is 11.3. The molecule has 0 aliphatic heterocycles. The van der Waals surface area contributed by atoms with Gasteiger partial charge < -0.3 is 4.74 Å². The largest absolute Gasteiger partial charge is 0.462 e. The van der Waals surface area contributed by atoms with Crippen molar-refractivity contribution in [1.29, 1.82) is 0 Å². The lowest BCUT2D eigenvalue weighted by Gasteiger charge is -2.15. The molecule has 0 saturated heterocycles. The first-order valence-electron chi connectivity index (χ1n) is 8.40. The Hall–Kier alpha value is -2.56. The summed E-state index contributed by atoms with van der Waals surface area (Å²) in [6.07, 6.45) is 1.86. The van der Waals surface area contributed by atoms with E-state index in [0.29, 0.717) is 29.9 Å². The highest BCUT2D eigenvalue weighted by atomic mass is 16.5. The number of unbranched alkanes of at least 4 members (excludes halogenated alkanes) is 1. The van der Waals surface area contributed by atoms with Crippen molar-refractivity contribution in [3.05, 3.63) is 52.1 Å². The predicted octanol–water partition coefficient (Wildman–Crippen LogP) is 3.54. The number of hydrogen-bond donors (Lipinski definition) is 0. The average molecular weight is 326 g/mol. The molecule has 5 heteroatoms. The summed E-state index contributed by atoms with van der Waals surface area (Å²) in [5.41, 5.74) is 2.47. The summed E-state index contributed by atoms with van der Waals surface area (Å²) < 4.78 is 8.56. The Morgan fingerprint density at radius 3 is 2.62 bits per heavy atom. The molecule has 126 valence electrons. The fraction of sp³-hybridized carbons (Fsp3) is 0.368. The Bertz CT molecular complexity index is 966. The molecule has 3 aromatic rings. The van der Waals surface area contributed by atoms with Crippen molar-refractivity contribution in [3.63, 3.8) is 0 Å². The van der Waals surface area contributed by atoms with E-state index in [9.17, 15) is 9.59 Å². The third kappa shape index (κ3) is 2.50. The summed E-state index contributed by atoms with van der Waals surface area (Å²) in [6.45, 7) is 6.58. The highest BCUT2D eigenvalue weighted by Gasteiger charge is 2.22. The topological polar surface area (TPSA) is 52.7 Å². The maximum Gasteiger partial charge on any atom is 0.342 e. The first-order chi connectivity index (χ1) is 11.6. The van der Waals surface area contributed by atoms with Gasteiger partial charge in [-0.25, -0.2) is 9.59 Å². The van der Waals surface area contributed by atoms with Crippen LogP contribution in [-0.4, -0.2) is 21.5 Å². The quantitative estimate of drug-likeness (QED) is 0.674. The van der Waals surface area contributed by atoms with Gasteiger partial charge in [-0.05, 0) is 32.4 Å². The molecule has 2 aromatic heterocycles. The number of aromatic nitrogens is 2. The maximum atomic E-state index is 13.0. The number of hydrogen-bond acceptors (Lipinski definition) is 3. The second kappa shape index (κ2) is 6.51. The Balaban J connectivity index is 2.42. The second-order valence-electron chi connectivity index (χ2n) is 5.89. The molecular weight excluding hydrogens is 304 g/mol. The number of fused-ring (bicyclic) bond motifs is 3. The molecule has 0 saturated carbocycles. The van der Waals surface area contributed by atoms with E-state index in [1.165, 1.54) is 0 Å². The van der Waals surface area contributed by atoms with Crippen LogP contribution < -0.4 is 5.69 Å².